The van der Waals surface area contributed by atoms with E-state index in [1.54, 1.807) is 27.7 Å². The van der Waals surface area contributed by atoms with Crippen molar-refractivity contribution in [1.82, 2.24) is 5.32 Å². The molecule has 1 saturated carbocycles. The van der Waals surface area contributed by atoms with Crippen LogP contribution in [0.1, 0.15) is 99.6 Å². The molecule has 0 spiro atoms. The Kier molecular flexibility index (Phi) is 12.4. The highest BCUT2D eigenvalue weighted by Crippen LogP contribution is 2.49. The minimum atomic E-state index is -2.03. The first kappa shape index (κ1) is 43.8. The van der Waals surface area contributed by atoms with Gasteiger partial charge in [-0.3, -0.25) is 29.0 Å². The third kappa shape index (κ3) is 8.25. The molecule has 4 heterocycles. The Bertz CT molecular complexity index is 2050. The van der Waals surface area contributed by atoms with Crippen molar-refractivity contribution in [3.05, 3.63) is 58.0 Å². The fraction of sp³-hybridized carbons (Fsp3) is 0.581. The van der Waals surface area contributed by atoms with Crippen LogP contribution in [0.25, 0.3) is 0 Å². The van der Waals surface area contributed by atoms with Crippen molar-refractivity contribution in [1.29, 1.82) is 0 Å². The first-order valence-electron chi connectivity index (χ1n) is 20.0. The van der Waals surface area contributed by atoms with Crippen LogP contribution >= 0.6 is 0 Å². The lowest BCUT2D eigenvalue weighted by molar-refractivity contribution is -0.162. The van der Waals surface area contributed by atoms with Gasteiger partial charge < -0.3 is 49.4 Å². The number of esters is 1. The van der Waals surface area contributed by atoms with Crippen molar-refractivity contribution >= 4 is 34.9 Å². The van der Waals surface area contributed by atoms with E-state index in [1.807, 2.05) is 0 Å². The summed E-state index contributed by atoms with van der Waals surface area (Å²) in [4.78, 5) is 73.1. The Hall–Kier alpha value is -4.74. The normalized spacial score (nSPS) is 37.2. The number of aliphatic imine (C=N–C) groups is 1. The number of ether oxygens (including phenoxy) is 5. The second kappa shape index (κ2) is 16.7. The van der Waals surface area contributed by atoms with Gasteiger partial charge in [0.15, 0.2) is 12.1 Å². The van der Waals surface area contributed by atoms with Crippen LogP contribution in [0.15, 0.2) is 40.8 Å². The number of carbonyl (C=O) groups excluding carboxylic acids is 5. The van der Waals surface area contributed by atoms with E-state index in [2.05, 4.69) is 5.32 Å². The molecule has 1 saturated heterocycles. The Morgan fingerprint density at radius 2 is 1.64 bits per heavy atom. The summed E-state index contributed by atoms with van der Waals surface area (Å²) >= 11 is 0. The molecule has 1 amide bonds. The zero-order chi connectivity index (χ0) is 43.4. The number of nitrogens with one attached hydrogen (secondary N) is 1. The molecule has 0 unspecified atom stereocenters. The van der Waals surface area contributed by atoms with Crippen molar-refractivity contribution in [3.8, 4) is 11.5 Å². The number of amides is 1. The molecule has 6 aliphatic rings. The van der Waals surface area contributed by atoms with Crippen LogP contribution in [0.5, 0.6) is 11.5 Å². The number of allylic oxidation sites excluding steroid dienone is 3. The van der Waals surface area contributed by atoms with E-state index in [-0.39, 0.29) is 51.4 Å². The molecule has 1 aromatic rings. The maximum absolute atomic E-state index is 14.5. The summed E-state index contributed by atoms with van der Waals surface area (Å²) in [6.07, 6.45) is 0.385. The lowest BCUT2D eigenvalue weighted by Gasteiger charge is -2.37. The second-order valence-corrected chi connectivity index (χ2v) is 16.6. The fourth-order valence-electron chi connectivity index (χ4n) is 8.69. The van der Waals surface area contributed by atoms with Crippen LogP contribution in [0.2, 0.25) is 0 Å². The van der Waals surface area contributed by atoms with Gasteiger partial charge in [-0.1, -0.05) is 20.8 Å². The molecule has 7 rings (SSSR count). The number of phenols is 1. The van der Waals surface area contributed by atoms with Crippen molar-refractivity contribution in [2.75, 3.05) is 7.11 Å². The lowest BCUT2D eigenvalue weighted by Crippen LogP contribution is -2.46. The molecule has 4 aliphatic heterocycles. The quantitative estimate of drug-likeness (QED) is 0.276. The van der Waals surface area contributed by atoms with Crippen LogP contribution in [0.3, 0.4) is 0 Å². The number of hydrogen-bond donors (Lipinski definition) is 5. The van der Waals surface area contributed by atoms with Crippen LogP contribution in [0.4, 0.5) is 0 Å². The third-order valence-electron chi connectivity index (χ3n) is 12.4. The number of fused-ring (bicyclic) bond motifs is 12. The van der Waals surface area contributed by atoms with E-state index >= 15 is 0 Å². The summed E-state index contributed by atoms with van der Waals surface area (Å²) in [6.45, 7) is 12.2. The molecule has 16 nitrogen and oxygen atoms in total. The van der Waals surface area contributed by atoms with Crippen LogP contribution in [-0.4, -0.2) is 111 Å². The molecule has 2 fully saturated rings. The smallest absolute Gasteiger partial charge is 0.312 e. The Morgan fingerprint density at radius 1 is 0.949 bits per heavy atom. The number of rotatable bonds is 3. The Labute approximate surface area is 342 Å². The number of aliphatic hydroxyl groups excluding tert-OH is 3. The number of nitrogens with zero attached hydrogens (tertiary/aromatic N) is 1. The van der Waals surface area contributed by atoms with Gasteiger partial charge in [0.1, 0.15) is 17.6 Å². The van der Waals surface area contributed by atoms with E-state index < -0.39 is 113 Å². The molecule has 16 heteroatoms. The maximum Gasteiger partial charge on any atom is 0.312 e. The molecule has 1 aromatic carbocycles. The van der Waals surface area contributed by atoms with E-state index in [0.717, 1.165) is 6.08 Å². The highest BCUT2D eigenvalue weighted by atomic mass is 16.7. The van der Waals surface area contributed by atoms with Gasteiger partial charge in [0, 0.05) is 67.7 Å². The number of phenolic OH excluding ortho intramolecular Hbond substituents is 1. The minimum absolute atomic E-state index is 0.0441. The van der Waals surface area contributed by atoms with Gasteiger partial charge in [-0.05, 0) is 57.8 Å². The number of ketones is 3. The number of carbonyl (C=O) groups is 5. The Morgan fingerprint density at radius 3 is 2.29 bits per heavy atom. The van der Waals surface area contributed by atoms with Gasteiger partial charge in [0.2, 0.25) is 5.78 Å². The van der Waals surface area contributed by atoms with Crippen molar-refractivity contribution < 1.29 is 68.1 Å². The van der Waals surface area contributed by atoms with Crippen LogP contribution in [-0.2, 0) is 33.3 Å². The van der Waals surface area contributed by atoms with E-state index in [0.29, 0.717) is 12.8 Å². The average Bonchev–Trinajstić information content (AvgIpc) is 3.94. The summed E-state index contributed by atoms with van der Waals surface area (Å²) in [6, 6.07) is -0.576. The molecular formula is C43H54N2O14. The van der Waals surface area contributed by atoms with Gasteiger partial charge in [-0.15, -0.1) is 0 Å². The van der Waals surface area contributed by atoms with Gasteiger partial charge in [0.25, 0.3) is 11.7 Å². The SMILES string of the molecule is CO[C@@H]1C=CO[C@@]2(C)Oc3c(C)c(O)c4c(c3C2=O)C(=N[C@H]2CC[C@H](O)O[C@@H]2C)C=C(NC(=O)C(C)=CC(=O)[C@@H]2C[C@@H]2[C@@H](O)[C@H](C)[C@H](O)[C@@H](C)[C@H](OC(C)=O)[C@@H]1C)C4=O. The first-order chi connectivity index (χ1) is 27.7. The fourth-order valence-corrected chi connectivity index (χ4v) is 8.69. The zero-order valence-electron chi connectivity index (χ0n) is 34.7. The van der Waals surface area contributed by atoms with E-state index in [9.17, 15) is 44.4 Å². The largest absolute Gasteiger partial charge is 0.507 e. The molecular weight excluding hydrogens is 768 g/mol. The van der Waals surface area contributed by atoms with Crippen LogP contribution in [0, 0.1) is 36.5 Å². The first-order valence-corrected chi connectivity index (χ1v) is 20.0. The number of aromatic hydroxyl groups is 1. The molecule has 13 atom stereocenters. The van der Waals surface area contributed by atoms with Gasteiger partial charge in [0.05, 0.1) is 59.3 Å². The average molecular weight is 823 g/mol. The number of benzene rings is 1. The summed E-state index contributed by atoms with van der Waals surface area (Å²) in [5.74, 6) is -9.25. The monoisotopic (exact) mass is 822 g/mol. The summed E-state index contributed by atoms with van der Waals surface area (Å²) < 4.78 is 29.3. The molecule has 320 valence electrons. The standard InChI is InChI=1S/C43H54N2O14/c1-17-14-29(47)24-15-25(24)36(50)19(3)35(49)20(4)39(58-23(7)46)18(2)30(55-9)12-13-56-43(8)41(53)34-32-27(44-26-10-11-31(48)57-22(26)6)16-28(45-42(17)54)38(52)33(32)37(51)21(5)40(34)59-43/h12-14,16,18-20,22,24-26,30-31,35-36,39,48-51H,10-11,15H2,1-9H3,(H,45,54)/t18-,19-,20-,22-,24-,25+,26+,30-,31-,35+,36+,39-,43+/m1/s1. The lowest BCUT2D eigenvalue weighted by atomic mass is 9.79. The molecule has 0 radical (unpaired) electrons. The Balaban J connectivity index is 1.48. The van der Waals surface area contributed by atoms with Crippen molar-refractivity contribution in [3.63, 3.8) is 0 Å². The van der Waals surface area contributed by atoms with E-state index in [1.165, 1.54) is 53.2 Å². The molecule has 59 heavy (non-hydrogen) atoms. The second-order valence-electron chi connectivity index (χ2n) is 16.6. The number of aliphatic hydroxyl groups is 3. The maximum atomic E-state index is 14.5. The zero-order valence-corrected chi connectivity index (χ0v) is 34.7. The van der Waals surface area contributed by atoms with Gasteiger partial charge >= 0.3 is 11.8 Å². The summed E-state index contributed by atoms with van der Waals surface area (Å²) in [7, 11) is 1.42. The predicted molar refractivity (Wildman–Crippen MR) is 209 cm³/mol. The molecule has 5 N–H and O–H groups in total. The van der Waals surface area contributed by atoms with Gasteiger partial charge in [-0.25, -0.2) is 0 Å². The van der Waals surface area contributed by atoms with Crippen LogP contribution < -0.4 is 10.1 Å². The summed E-state index contributed by atoms with van der Waals surface area (Å²) in [5, 5.41) is 47.2. The highest BCUT2D eigenvalue weighted by molar-refractivity contribution is 6.32. The van der Waals surface area contributed by atoms with Crippen molar-refractivity contribution in [2.24, 2.45) is 34.6 Å². The molecule has 5 bridgehead atoms. The highest BCUT2D eigenvalue weighted by Gasteiger charge is 2.52. The predicted octanol–water partition coefficient (Wildman–Crippen LogP) is 3.14. The van der Waals surface area contributed by atoms with E-state index in [4.69, 9.17) is 28.7 Å². The molecule has 0 aromatic heterocycles. The number of methoxy groups -OCH3 is 1. The number of Topliss-reactive ketones (excluding diaryl/α,β-unsaturated/α-hetero) is 2. The van der Waals surface area contributed by atoms with Gasteiger partial charge in [-0.2, -0.15) is 0 Å². The third-order valence-corrected chi connectivity index (χ3v) is 12.4. The minimum Gasteiger partial charge on any atom is -0.507 e. The van der Waals surface area contributed by atoms with Crippen molar-refractivity contribution in [2.45, 2.75) is 123 Å². The summed E-state index contributed by atoms with van der Waals surface area (Å²) in [5.41, 5.74) is -0.683. The molecule has 2 aliphatic carbocycles. The topological polar surface area (TPSA) is 237 Å². The number of hydrogen-bond acceptors (Lipinski definition) is 15.